The second kappa shape index (κ2) is 4.70. The average molecular weight is 221 g/mol. The molecule has 1 aliphatic rings. The number of ether oxygens (including phenoxy) is 1. The van der Waals surface area contributed by atoms with Gasteiger partial charge in [0, 0.05) is 18.8 Å². The van der Waals surface area contributed by atoms with E-state index in [2.05, 4.69) is 22.7 Å². The van der Waals surface area contributed by atoms with E-state index in [-0.39, 0.29) is 6.04 Å². The zero-order valence-corrected chi connectivity index (χ0v) is 10.2. The Morgan fingerprint density at radius 3 is 2.88 bits per heavy atom. The number of rotatable bonds is 3. The number of nitrogens with one attached hydrogen (secondary N) is 1. The van der Waals surface area contributed by atoms with Crippen molar-refractivity contribution in [1.82, 2.24) is 15.1 Å². The first-order valence-electron chi connectivity index (χ1n) is 5.72. The van der Waals surface area contributed by atoms with Gasteiger partial charge in [-0.3, -0.25) is 4.68 Å². The summed E-state index contributed by atoms with van der Waals surface area (Å²) in [7, 11) is 3.90. The van der Waals surface area contributed by atoms with E-state index >= 15 is 0 Å². The first-order chi connectivity index (χ1) is 7.72. The largest absolute Gasteiger partial charge is 0.496 e. The number of hydrogen-bond donors (Lipinski definition) is 1. The number of allylic oxidation sites excluding steroid dienone is 1. The van der Waals surface area contributed by atoms with Gasteiger partial charge in [0.2, 0.25) is 0 Å². The Morgan fingerprint density at radius 2 is 2.38 bits per heavy atom. The predicted octanol–water partition coefficient (Wildman–Crippen LogP) is 1.68. The topological polar surface area (TPSA) is 39.1 Å². The van der Waals surface area contributed by atoms with E-state index in [1.165, 1.54) is 5.56 Å². The Hall–Kier alpha value is -1.29. The third-order valence-electron chi connectivity index (χ3n) is 2.90. The smallest absolute Gasteiger partial charge is 0.114 e. The van der Waals surface area contributed by atoms with Gasteiger partial charge >= 0.3 is 0 Å². The molecule has 1 aromatic rings. The van der Waals surface area contributed by atoms with Gasteiger partial charge in [0.25, 0.3) is 0 Å². The van der Waals surface area contributed by atoms with Crippen LogP contribution >= 0.6 is 0 Å². The van der Waals surface area contributed by atoms with Gasteiger partial charge in [-0.15, -0.1) is 0 Å². The Labute approximate surface area is 96.3 Å². The first kappa shape index (κ1) is 11.2. The number of aromatic nitrogens is 2. The molecule has 1 atom stereocenters. The van der Waals surface area contributed by atoms with Gasteiger partial charge in [0.1, 0.15) is 5.76 Å². The molecule has 0 aliphatic carbocycles. The maximum Gasteiger partial charge on any atom is 0.114 e. The van der Waals surface area contributed by atoms with Crippen LogP contribution in [0.15, 0.2) is 18.0 Å². The molecule has 1 aliphatic heterocycles. The lowest BCUT2D eigenvalue weighted by Gasteiger charge is -2.23. The van der Waals surface area contributed by atoms with Crippen molar-refractivity contribution < 1.29 is 4.74 Å². The minimum atomic E-state index is 0.133. The summed E-state index contributed by atoms with van der Waals surface area (Å²) in [5.41, 5.74) is 2.25. The second-order valence-corrected chi connectivity index (χ2v) is 4.16. The van der Waals surface area contributed by atoms with Gasteiger partial charge in [-0.05, 0) is 32.9 Å². The van der Waals surface area contributed by atoms with Gasteiger partial charge in [-0.2, -0.15) is 5.10 Å². The molecule has 0 fully saturated rings. The van der Waals surface area contributed by atoms with Crippen molar-refractivity contribution >= 4 is 0 Å². The normalized spacial score (nSPS) is 17.8. The molecule has 2 rings (SSSR count). The van der Waals surface area contributed by atoms with Crippen LogP contribution in [0.5, 0.6) is 0 Å². The Kier molecular flexibility index (Phi) is 3.29. The van der Waals surface area contributed by atoms with Crippen LogP contribution in [0.4, 0.5) is 0 Å². The maximum atomic E-state index is 5.71. The highest BCUT2D eigenvalue weighted by molar-refractivity contribution is 5.27. The van der Waals surface area contributed by atoms with Crippen LogP contribution in [0.2, 0.25) is 0 Å². The Morgan fingerprint density at radius 1 is 1.56 bits per heavy atom. The van der Waals surface area contributed by atoms with Crippen molar-refractivity contribution in [3.05, 3.63) is 29.3 Å². The molecule has 0 aromatic carbocycles. The fraction of sp³-hybridized carbons (Fsp3) is 0.583. The summed E-state index contributed by atoms with van der Waals surface area (Å²) in [5.74, 6) is 1.03. The van der Waals surface area contributed by atoms with Crippen molar-refractivity contribution in [2.75, 3.05) is 13.7 Å². The molecule has 16 heavy (non-hydrogen) atoms. The Balaban J connectivity index is 2.28. The van der Waals surface area contributed by atoms with Crippen molar-refractivity contribution in [3.63, 3.8) is 0 Å². The second-order valence-electron chi connectivity index (χ2n) is 4.16. The van der Waals surface area contributed by atoms with Crippen LogP contribution in [0, 0.1) is 6.92 Å². The summed E-state index contributed by atoms with van der Waals surface area (Å²) in [4.78, 5) is 0. The molecule has 0 spiro atoms. The number of nitrogens with zero attached hydrogens (tertiary/aromatic N) is 2. The zero-order chi connectivity index (χ0) is 11.5. The molecule has 0 bridgehead atoms. The fourth-order valence-corrected chi connectivity index (χ4v) is 2.13. The SMILES string of the molecule is CNC(C1=CCCCO1)c1cn(C)nc1C. The fourth-order valence-electron chi connectivity index (χ4n) is 2.13. The van der Waals surface area contributed by atoms with Crippen molar-refractivity contribution in [3.8, 4) is 0 Å². The summed E-state index contributed by atoms with van der Waals surface area (Å²) in [6.45, 7) is 2.85. The summed E-state index contributed by atoms with van der Waals surface area (Å²) in [6.07, 6.45) is 6.45. The molecule has 88 valence electrons. The van der Waals surface area contributed by atoms with Crippen LogP contribution in [0.25, 0.3) is 0 Å². The highest BCUT2D eigenvalue weighted by Gasteiger charge is 2.21. The maximum absolute atomic E-state index is 5.71. The molecule has 1 N–H and O–H groups in total. The molecular weight excluding hydrogens is 202 g/mol. The summed E-state index contributed by atoms with van der Waals surface area (Å²) in [5, 5.41) is 7.66. The van der Waals surface area contributed by atoms with Gasteiger partial charge in [0.05, 0.1) is 18.3 Å². The van der Waals surface area contributed by atoms with E-state index in [4.69, 9.17) is 4.74 Å². The highest BCUT2D eigenvalue weighted by Crippen LogP contribution is 2.27. The monoisotopic (exact) mass is 221 g/mol. The summed E-state index contributed by atoms with van der Waals surface area (Å²) < 4.78 is 7.56. The average Bonchev–Trinajstić information content (AvgIpc) is 2.61. The quantitative estimate of drug-likeness (QED) is 0.844. The van der Waals surface area contributed by atoms with E-state index in [0.29, 0.717) is 0 Å². The van der Waals surface area contributed by atoms with Crippen LogP contribution in [-0.2, 0) is 11.8 Å². The standard InChI is InChI=1S/C12H19N3O/c1-9-10(8-15(3)14-9)12(13-2)11-6-4-5-7-16-11/h6,8,12-13H,4-5,7H2,1-3H3. The van der Waals surface area contributed by atoms with Crippen LogP contribution in [-0.4, -0.2) is 23.4 Å². The first-order valence-corrected chi connectivity index (χ1v) is 5.72. The molecule has 4 nitrogen and oxygen atoms in total. The minimum Gasteiger partial charge on any atom is -0.496 e. The highest BCUT2D eigenvalue weighted by atomic mass is 16.5. The number of likely N-dealkylation sites (N-methyl/N-ethyl adjacent to an activating group) is 1. The van der Waals surface area contributed by atoms with Gasteiger partial charge in [0.15, 0.2) is 0 Å². The number of hydrogen-bond acceptors (Lipinski definition) is 3. The van der Waals surface area contributed by atoms with Crippen molar-refractivity contribution in [1.29, 1.82) is 0 Å². The molecule has 1 aromatic heterocycles. The lowest BCUT2D eigenvalue weighted by atomic mass is 10.0. The lowest BCUT2D eigenvalue weighted by molar-refractivity contribution is 0.169. The molecule has 0 amide bonds. The van der Waals surface area contributed by atoms with Crippen LogP contribution in [0.1, 0.15) is 30.1 Å². The molecule has 4 heteroatoms. The van der Waals surface area contributed by atoms with E-state index in [9.17, 15) is 0 Å². The molecular formula is C12H19N3O. The molecule has 0 saturated carbocycles. The Bertz CT molecular complexity index is 395. The van der Waals surface area contributed by atoms with Crippen molar-refractivity contribution in [2.45, 2.75) is 25.8 Å². The van der Waals surface area contributed by atoms with E-state index in [1.807, 2.05) is 25.7 Å². The number of aryl methyl sites for hydroxylation is 2. The minimum absolute atomic E-state index is 0.133. The molecule has 2 heterocycles. The van der Waals surface area contributed by atoms with Gasteiger partial charge in [-0.1, -0.05) is 0 Å². The van der Waals surface area contributed by atoms with E-state index in [1.54, 1.807) is 0 Å². The summed E-state index contributed by atoms with van der Waals surface area (Å²) in [6, 6.07) is 0.133. The predicted molar refractivity (Wildman–Crippen MR) is 63.0 cm³/mol. The van der Waals surface area contributed by atoms with E-state index < -0.39 is 0 Å². The van der Waals surface area contributed by atoms with Crippen molar-refractivity contribution in [2.24, 2.45) is 7.05 Å². The third-order valence-corrected chi connectivity index (χ3v) is 2.90. The zero-order valence-electron chi connectivity index (χ0n) is 10.2. The van der Waals surface area contributed by atoms with Crippen LogP contribution in [0.3, 0.4) is 0 Å². The third kappa shape index (κ3) is 2.11. The lowest BCUT2D eigenvalue weighted by Crippen LogP contribution is -2.22. The van der Waals surface area contributed by atoms with Gasteiger partial charge in [-0.25, -0.2) is 0 Å². The molecule has 1 unspecified atom stereocenters. The molecule has 0 saturated heterocycles. The summed E-state index contributed by atoms with van der Waals surface area (Å²) >= 11 is 0. The molecule has 0 radical (unpaired) electrons. The van der Waals surface area contributed by atoms with Gasteiger partial charge < -0.3 is 10.1 Å². The van der Waals surface area contributed by atoms with E-state index in [0.717, 1.165) is 30.9 Å². The van der Waals surface area contributed by atoms with Crippen LogP contribution < -0.4 is 5.32 Å².